The van der Waals surface area contributed by atoms with Crippen LogP contribution >= 0.6 is 11.6 Å². The molecule has 0 saturated carbocycles. The highest BCUT2D eigenvalue weighted by molar-refractivity contribution is 6.31. The van der Waals surface area contributed by atoms with Gasteiger partial charge in [0, 0.05) is 28.4 Å². The molecule has 0 spiro atoms. The summed E-state index contributed by atoms with van der Waals surface area (Å²) in [6.45, 7) is 1.85. The summed E-state index contributed by atoms with van der Waals surface area (Å²) in [6.07, 6.45) is 0.713. The molecule has 0 aliphatic heterocycles. The maximum atomic E-state index is 12.9. The van der Waals surface area contributed by atoms with Gasteiger partial charge in [-0.1, -0.05) is 23.7 Å². The zero-order chi connectivity index (χ0) is 23.7. The quantitative estimate of drug-likeness (QED) is 0.576. The molecule has 0 saturated heterocycles. The second kappa shape index (κ2) is 9.11. The van der Waals surface area contributed by atoms with E-state index in [0.29, 0.717) is 39.9 Å². The van der Waals surface area contributed by atoms with Gasteiger partial charge in [-0.05, 0) is 60.7 Å². The third-order valence-electron chi connectivity index (χ3n) is 5.86. The van der Waals surface area contributed by atoms with Gasteiger partial charge >= 0.3 is 0 Å². The Morgan fingerprint density at radius 2 is 1.79 bits per heavy atom. The van der Waals surface area contributed by atoms with Gasteiger partial charge in [-0.15, -0.1) is 0 Å². The normalized spacial score (nSPS) is 15.0. The van der Waals surface area contributed by atoms with Crippen molar-refractivity contribution in [2.24, 2.45) is 0 Å². The number of halogens is 1. The molecule has 1 aliphatic carbocycles. The average molecular weight is 467 g/mol. The second-order valence-electron chi connectivity index (χ2n) is 7.97. The number of carbonyl (C=O) groups excluding carboxylic acids is 2. The smallest absolute Gasteiger partial charge is 0.261 e. The molecule has 1 atom stereocenters. The average Bonchev–Trinajstić information content (AvgIpc) is 2.80. The molecule has 0 bridgehead atoms. The molecule has 1 heterocycles. The number of H-pyrrole nitrogens is 1. The van der Waals surface area contributed by atoms with Gasteiger partial charge in [-0.2, -0.15) is 0 Å². The highest BCUT2D eigenvalue weighted by Crippen LogP contribution is 2.36. The van der Waals surface area contributed by atoms with E-state index in [1.54, 1.807) is 38.5 Å². The highest BCUT2D eigenvalue weighted by atomic mass is 35.5. The number of methoxy groups -OCH3 is 2. The standard InChI is InChI=1S/C25H23ClN2O5/c1-13-4-6-16(11-19(13)26)27-24(30)18-12-17-20(28-25(18)31)8-15(9-21(17)29)14-5-7-22(32-2)23(10-14)33-3/h4-7,10-12,15H,8-9H2,1-3H3,(H,27,30)(H,28,31). The van der Waals surface area contributed by atoms with Gasteiger partial charge in [0.1, 0.15) is 5.56 Å². The Morgan fingerprint density at radius 3 is 2.48 bits per heavy atom. The molecule has 4 rings (SSSR count). The van der Waals surface area contributed by atoms with Crippen molar-refractivity contribution in [3.63, 3.8) is 0 Å². The highest BCUT2D eigenvalue weighted by Gasteiger charge is 2.29. The van der Waals surface area contributed by atoms with E-state index in [4.69, 9.17) is 21.1 Å². The predicted octanol–water partition coefficient (Wildman–Crippen LogP) is 4.52. The number of carbonyl (C=O) groups is 2. The summed E-state index contributed by atoms with van der Waals surface area (Å²) in [7, 11) is 3.11. The predicted molar refractivity (Wildman–Crippen MR) is 126 cm³/mol. The van der Waals surface area contributed by atoms with E-state index in [1.807, 2.05) is 19.1 Å². The lowest BCUT2D eigenvalue weighted by molar-refractivity contribution is 0.0963. The summed E-state index contributed by atoms with van der Waals surface area (Å²) in [6, 6.07) is 12.0. The number of pyridine rings is 1. The zero-order valence-electron chi connectivity index (χ0n) is 18.5. The van der Waals surface area contributed by atoms with Crippen LogP contribution in [0.15, 0.2) is 47.3 Å². The van der Waals surface area contributed by atoms with Crippen LogP contribution in [-0.2, 0) is 6.42 Å². The van der Waals surface area contributed by atoms with Gasteiger partial charge < -0.3 is 19.8 Å². The Morgan fingerprint density at radius 1 is 1.03 bits per heavy atom. The number of nitrogens with one attached hydrogen (secondary N) is 2. The molecule has 0 fully saturated rings. The number of fused-ring (bicyclic) bond motifs is 1. The lowest BCUT2D eigenvalue weighted by atomic mass is 9.81. The van der Waals surface area contributed by atoms with Crippen LogP contribution in [0.2, 0.25) is 5.02 Å². The van der Waals surface area contributed by atoms with Gasteiger partial charge in [0.05, 0.1) is 14.2 Å². The van der Waals surface area contributed by atoms with Crippen LogP contribution in [-0.4, -0.2) is 30.9 Å². The maximum absolute atomic E-state index is 12.9. The van der Waals surface area contributed by atoms with Crippen LogP contribution in [0.1, 0.15) is 49.9 Å². The molecular formula is C25H23ClN2O5. The number of Topliss-reactive ketones (excluding diaryl/α,β-unsaturated/α-hetero) is 1. The third-order valence-corrected chi connectivity index (χ3v) is 6.27. The van der Waals surface area contributed by atoms with E-state index >= 15 is 0 Å². The van der Waals surface area contributed by atoms with Crippen molar-refractivity contribution in [1.82, 2.24) is 4.98 Å². The maximum Gasteiger partial charge on any atom is 0.261 e. The first-order chi connectivity index (χ1) is 15.8. The first kappa shape index (κ1) is 22.6. The number of hydrogen-bond donors (Lipinski definition) is 2. The minimum absolute atomic E-state index is 0.122. The van der Waals surface area contributed by atoms with Crippen molar-refractivity contribution in [3.05, 3.63) is 85.8 Å². The molecule has 8 heteroatoms. The van der Waals surface area contributed by atoms with Crippen molar-refractivity contribution in [2.75, 3.05) is 19.5 Å². The molecular weight excluding hydrogens is 444 g/mol. The Kier molecular flexibility index (Phi) is 6.24. The SMILES string of the molecule is COc1ccc(C2CC(=O)c3cc(C(=O)Nc4ccc(C)c(Cl)c4)c(=O)[nH]c3C2)cc1OC. The number of amides is 1. The first-order valence-electron chi connectivity index (χ1n) is 10.4. The minimum atomic E-state index is -0.603. The molecule has 7 nitrogen and oxygen atoms in total. The van der Waals surface area contributed by atoms with Crippen molar-refractivity contribution in [1.29, 1.82) is 0 Å². The number of ether oxygens (including phenoxy) is 2. The van der Waals surface area contributed by atoms with Crippen LogP contribution in [0.3, 0.4) is 0 Å². The second-order valence-corrected chi connectivity index (χ2v) is 8.37. The van der Waals surface area contributed by atoms with E-state index in [2.05, 4.69) is 10.3 Å². The third kappa shape index (κ3) is 4.50. The fourth-order valence-corrected chi connectivity index (χ4v) is 4.19. The van der Waals surface area contributed by atoms with Crippen LogP contribution in [0.25, 0.3) is 0 Å². The molecule has 2 aromatic carbocycles. The van der Waals surface area contributed by atoms with E-state index in [1.165, 1.54) is 6.07 Å². The van der Waals surface area contributed by atoms with E-state index in [9.17, 15) is 14.4 Å². The molecule has 1 amide bonds. The number of aromatic nitrogens is 1. The molecule has 1 unspecified atom stereocenters. The Hall–Kier alpha value is -3.58. The summed E-state index contributed by atoms with van der Waals surface area (Å²) >= 11 is 6.11. The Labute approximate surface area is 195 Å². The first-order valence-corrected chi connectivity index (χ1v) is 10.8. The molecule has 170 valence electrons. The fraction of sp³-hybridized carbons (Fsp3) is 0.240. The van der Waals surface area contributed by atoms with Crippen LogP contribution in [0.4, 0.5) is 5.69 Å². The van der Waals surface area contributed by atoms with Crippen molar-refractivity contribution < 1.29 is 19.1 Å². The van der Waals surface area contributed by atoms with Gasteiger partial charge in [0.25, 0.3) is 11.5 Å². The van der Waals surface area contributed by atoms with Gasteiger partial charge in [-0.25, -0.2) is 0 Å². The minimum Gasteiger partial charge on any atom is -0.493 e. The fourth-order valence-electron chi connectivity index (χ4n) is 4.01. The molecule has 0 radical (unpaired) electrons. The summed E-state index contributed by atoms with van der Waals surface area (Å²) < 4.78 is 10.6. The van der Waals surface area contributed by atoms with Gasteiger partial charge in [0.2, 0.25) is 0 Å². The Balaban J connectivity index is 1.61. The number of hydrogen-bond acceptors (Lipinski definition) is 5. The van der Waals surface area contributed by atoms with Crippen molar-refractivity contribution >= 4 is 29.0 Å². The number of benzene rings is 2. The molecule has 2 N–H and O–H groups in total. The lowest BCUT2D eigenvalue weighted by Crippen LogP contribution is -2.29. The number of anilines is 1. The number of aromatic amines is 1. The summed E-state index contributed by atoms with van der Waals surface area (Å²) in [5.41, 5.74) is 2.45. The topological polar surface area (TPSA) is 97.5 Å². The number of rotatable bonds is 5. The number of ketones is 1. The van der Waals surface area contributed by atoms with Crippen LogP contribution in [0, 0.1) is 6.92 Å². The largest absolute Gasteiger partial charge is 0.493 e. The van der Waals surface area contributed by atoms with Gasteiger partial charge in [0.15, 0.2) is 17.3 Å². The monoisotopic (exact) mass is 466 g/mol. The molecule has 1 aromatic heterocycles. The molecule has 3 aromatic rings. The summed E-state index contributed by atoms with van der Waals surface area (Å²) in [5, 5.41) is 3.17. The van der Waals surface area contributed by atoms with E-state index < -0.39 is 11.5 Å². The van der Waals surface area contributed by atoms with Crippen molar-refractivity contribution in [3.8, 4) is 11.5 Å². The van der Waals surface area contributed by atoms with E-state index in [0.717, 1.165) is 11.1 Å². The van der Waals surface area contributed by atoms with Crippen LogP contribution < -0.4 is 20.3 Å². The zero-order valence-corrected chi connectivity index (χ0v) is 19.2. The van der Waals surface area contributed by atoms with Gasteiger partial charge in [-0.3, -0.25) is 14.4 Å². The summed E-state index contributed by atoms with van der Waals surface area (Å²) in [5.74, 6) is 0.302. The molecule has 1 aliphatic rings. The lowest BCUT2D eigenvalue weighted by Gasteiger charge is -2.24. The van der Waals surface area contributed by atoms with Crippen molar-refractivity contribution in [2.45, 2.75) is 25.7 Å². The van der Waals surface area contributed by atoms with Crippen LogP contribution in [0.5, 0.6) is 11.5 Å². The number of aryl methyl sites for hydroxylation is 1. The van der Waals surface area contributed by atoms with E-state index in [-0.39, 0.29) is 23.7 Å². The molecule has 33 heavy (non-hydrogen) atoms. The summed E-state index contributed by atoms with van der Waals surface area (Å²) in [4.78, 5) is 41.1. The Bertz CT molecular complexity index is 1310.